The number of benzene rings is 4. The number of pyridine rings is 1. The Bertz CT molecular complexity index is 1580. The first kappa shape index (κ1) is 15.4. The Hall–Kier alpha value is -3.49. The fourth-order valence-electron chi connectivity index (χ4n) is 4.86. The molecule has 7 rings (SSSR count). The van der Waals surface area contributed by atoms with Crippen LogP contribution in [0, 0.1) is 0 Å². The smallest absolute Gasteiger partial charge is 0.0886 e. The second-order valence-electron chi connectivity index (χ2n) is 7.57. The highest BCUT2D eigenvalue weighted by Gasteiger charge is 2.23. The van der Waals surface area contributed by atoms with Crippen LogP contribution in [0.25, 0.3) is 64.5 Å². The quantitative estimate of drug-likeness (QED) is 0.280. The molecular weight excluding hydrogens is 370 g/mol. The van der Waals surface area contributed by atoms with Crippen molar-refractivity contribution >= 4 is 42.3 Å². The van der Waals surface area contributed by atoms with Gasteiger partial charge >= 0.3 is 0 Å². The summed E-state index contributed by atoms with van der Waals surface area (Å²) in [6, 6.07) is 30.7. The van der Waals surface area contributed by atoms with Crippen molar-refractivity contribution < 1.29 is 0 Å². The number of thiophene rings is 1. The Morgan fingerprint density at radius 3 is 2.10 bits per heavy atom. The monoisotopic (exact) mass is 385 g/mol. The maximum absolute atomic E-state index is 4.86. The van der Waals surface area contributed by atoms with Crippen molar-refractivity contribution in [3.05, 3.63) is 91.1 Å². The standard InChI is InChI=1S/C27H15NS/c1-2-7-17-16(6-1)19-9-5-10-20-22(13-12-21(17)25(19)20)26-27-23(14-15-28-26)18-8-3-4-11-24(18)29-27/h1-15H. The van der Waals surface area contributed by atoms with E-state index in [2.05, 4.69) is 84.9 Å². The Morgan fingerprint density at radius 2 is 1.21 bits per heavy atom. The highest BCUT2D eigenvalue weighted by molar-refractivity contribution is 7.26. The molecule has 134 valence electrons. The minimum atomic E-state index is 1.09. The van der Waals surface area contributed by atoms with Crippen LogP contribution < -0.4 is 0 Å². The lowest BCUT2D eigenvalue weighted by molar-refractivity contribution is 1.37. The summed E-state index contributed by atoms with van der Waals surface area (Å²) in [5.74, 6) is 0. The molecule has 2 aromatic heterocycles. The maximum atomic E-state index is 4.86. The minimum Gasteiger partial charge on any atom is -0.255 e. The summed E-state index contributed by atoms with van der Waals surface area (Å²) in [5, 5.41) is 5.25. The lowest BCUT2D eigenvalue weighted by atomic mass is 9.96. The molecule has 0 spiro atoms. The van der Waals surface area contributed by atoms with Gasteiger partial charge in [0.05, 0.1) is 10.4 Å². The van der Waals surface area contributed by atoms with E-state index < -0.39 is 0 Å². The molecule has 2 heteroatoms. The molecule has 2 heterocycles. The lowest BCUT2D eigenvalue weighted by Crippen LogP contribution is -1.87. The van der Waals surface area contributed by atoms with Crippen LogP contribution in [0.15, 0.2) is 91.1 Å². The molecule has 0 saturated heterocycles. The Balaban J connectivity index is 1.60. The van der Waals surface area contributed by atoms with Crippen molar-refractivity contribution in [1.29, 1.82) is 0 Å². The summed E-state index contributed by atoms with van der Waals surface area (Å²) in [4.78, 5) is 4.86. The highest BCUT2D eigenvalue weighted by atomic mass is 32.1. The summed E-state index contributed by atoms with van der Waals surface area (Å²) in [7, 11) is 0. The van der Waals surface area contributed by atoms with E-state index in [4.69, 9.17) is 4.98 Å². The summed E-state index contributed by atoms with van der Waals surface area (Å²) < 4.78 is 2.58. The van der Waals surface area contributed by atoms with E-state index >= 15 is 0 Å². The number of rotatable bonds is 1. The van der Waals surface area contributed by atoms with Crippen LogP contribution in [-0.2, 0) is 0 Å². The predicted octanol–water partition coefficient (Wildman–Crippen LogP) is 7.92. The fraction of sp³-hybridized carbons (Fsp3) is 0. The lowest BCUT2D eigenvalue weighted by Gasteiger charge is -2.09. The topological polar surface area (TPSA) is 12.9 Å². The molecular formula is C27H15NS. The number of hydrogen-bond acceptors (Lipinski definition) is 2. The number of fused-ring (bicyclic) bond motifs is 6. The van der Waals surface area contributed by atoms with Crippen LogP contribution >= 0.6 is 11.3 Å². The predicted molar refractivity (Wildman–Crippen MR) is 124 cm³/mol. The fourth-order valence-corrected chi connectivity index (χ4v) is 6.06. The van der Waals surface area contributed by atoms with Gasteiger partial charge in [0.2, 0.25) is 0 Å². The second-order valence-corrected chi connectivity index (χ2v) is 8.62. The normalized spacial score (nSPS) is 12.1. The van der Waals surface area contributed by atoms with Crippen molar-refractivity contribution in [2.24, 2.45) is 0 Å². The molecule has 4 aromatic carbocycles. The molecule has 0 atom stereocenters. The first-order chi connectivity index (χ1) is 14.4. The molecule has 0 N–H and O–H groups in total. The molecule has 0 aliphatic heterocycles. The first-order valence-electron chi connectivity index (χ1n) is 9.82. The SMILES string of the molecule is c1ccc2c(c1)-c1cccc3c(-c4nccc5c4sc4ccccc45)ccc-2c13. The van der Waals surface area contributed by atoms with Gasteiger partial charge in [-0.1, -0.05) is 72.8 Å². The third kappa shape index (κ3) is 1.96. The summed E-state index contributed by atoms with van der Waals surface area (Å²) in [6.45, 7) is 0. The first-order valence-corrected chi connectivity index (χ1v) is 10.6. The van der Waals surface area contributed by atoms with Crippen molar-refractivity contribution in [3.63, 3.8) is 0 Å². The summed E-state index contributed by atoms with van der Waals surface area (Å²) in [6.07, 6.45) is 1.95. The van der Waals surface area contributed by atoms with Gasteiger partial charge < -0.3 is 0 Å². The van der Waals surface area contributed by atoms with Crippen LogP contribution in [0.4, 0.5) is 0 Å². The van der Waals surface area contributed by atoms with E-state index in [0.29, 0.717) is 0 Å². The van der Waals surface area contributed by atoms with Gasteiger partial charge in [0, 0.05) is 27.2 Å². The molecule has 0 fully saturated rings. The zero-order valence-corrected chi connectivity index (χ0v) is 16.3. The van der Waals surface area contributed by atoms with Crippen LogP contribution in [0.1, 0.15) is 0 Å². The van der Waals surface area contributed by atoms with Gasteiger partial charge in [0.15, 0.2) is 0 Å². The molecule has 0 radical (unpaired) electrons. The Morgan fingerprint density at radius 1 is 0.517 bits per heavy atom. The van der Waals surface area contributed by atoms with E-state index in [-0.39, 0.29) is 0 Å². The van der Waals surface area contributed by atoms with E-state index in [1.54, 1.807) is 0 Å². The zero-order valence-electron chi connectivity index (χ0n) is 15.5. The molecule has 0 unspecified atom stereocenters. The average Bonchev–Trinajstić information content (AvgIpc) is 3.32. The van der Waals surface area contributed by atoms with Gasteiger partial charge in [-0.25, -0.2) is 0 Å². The van der Waals surface area contributed by atoms with Gasteiger partial charge in [-0.05, 0) is 45.2 Å². The number of aromatic nitrogens is 1. The maximum Gasteiger partial charge on any atom is 0.0886 e. The Kier molecular flexibility index (Phi) is 2.94. The number of nitrogens with zero attached hydrogens (tertiary/aromatic N) is 1. The molecule has 1 nitrogen and oxygen atoms in total. The molecule has 0 amide bonds. The zero-order chi connectivity index (χ0) is 18.9. The molecule has 1 aliphatic carbocycles. The van der Waals surface area contributed by atoms with Crippen molar-refractivity contribution in [2.75, 3.05) is 0 Å². The van der Waals surface area contributed by atoms with Gasteiger partial charge in [-0.2, -0.15) is 0 Å². The summed E-state index contributed by atoms with van der Waals surface area (Å²) in [5.41, 5.74) is 7.63. The molecule has 1 aliphatic rings. The van der Waals surface area contributed by atoms with Gasteiger partial charge in [-0.3, -0.25) is 4.98 Å². The van der Waals surface area contributed by atoms with E-state index in [1.807, 2.05) is 17.5 Å². The van der Waals surface area contributed by atoms with Crippen molar-refractivity contribution in [2.45, 2.75) is 0 Å². The van der Waals surface area contributed by atoms with Gasteiger partial charge in [0.25, 0.3) is 0 Å². The van der Waals surface area contributed by atoms with Crippen molar-refractivity contribution in [3.8, 4) is 33.5 Å². The van der Waals surface area contributed by atoms with Crippen LogP contribution in [0.3, 0.4) is 0 Å². The molecule has 6 aromatic rings. The minimum absolute atomic E-state index is 1.09. The molecule has 0 bridgehead atoms. The van der Waals surface area contributed by atoms with E-state index in [1.165, 1.54) is 58.8 Å². The largest absolute Gasteiger partial charge is 0.255 e. The summed E-state index contributed by atoms with van der Waals surface area (Å²) >= 11 is 1.84. The highest BCUT2D eigenvalue weighted by Crippen LogP contribution is 2.50. The van der Waals surface area contributed by atoms with Gasteiger partial charge in [0.1, 0.15) is 0 Å². The average molecular weight is 385 g/mol. The third-order valence-electron chi connectivity index (χ3n) is 6.10. The van der Waals surface area contributed by atoms with Crippen LogP contribution in [0.5, 0.6) is 0 Å². The molecule has 0 saturated carbocycles. The van der Waals surface area contributed by atoms with Crippen LogP contribution in [-0.4, -0.2) is 4.98 Å². The molecule has 29 heavy (non-hydrogen) atoms. The number of hydrogen-bond donors (Lipinski definition) is 0. The van der Waals surface area contributed by atoms with Crippen molar-refractivity contribution in [1.82, 2.24) is 4.98 Å². The third-order valence-corrected chi connectivity index (χ3v) is 7.29. The van der Waals surface area contributed by atoms with E-state index in [9.17, 15) is 0 Å². The van der Waals surface area contributed by atoms with E-state index in [0.717, 1.165) is 5.69 Å². The Labute approximate surface area is 171 Å². The van der Waals surface area contributed by atoms with Crippen LogP contribution in [0.2, 0.25) is 0 Å². The van der Waals surface area contributed by atoms with Gasteiger partial charge in [-0.15, -0.1) is 11.3 Å². The second kappa shape index (κ2) is 5.53.